The van der Waals surface area contributed by atoms with Crippen LogP contribution in [0.15, 0.2) is 16.6 Å². The molecule has 0 amide bonds. The zero-order valence-corrected chi connectivity index (χ0v) is 9.32. The molecule has 1 nitrogen and oxygen atoms in total. The quantitative estimate of drug-likeness (QED) is 0.832. The summed E-state index contributed by atoms with van der Waals surface area (Å²) in [6.07, 6.45) is 0. The molecular weight excluding hydrogens is 291 g/mol. The number of hydrogen-bond acceptors (Lipinski definition) is 1. The molecule has 4 heteroatoms. The molecule has 0 radical (unpaired) electrons. The Morgan fingerprint density at radius 1 is 1.42 bits per heavy atom. The van der Waals surface area contributed by atoms with Crippen LogP contribution in [-0.4, -0.2) is 5.11 Å². The van der Waals surface area contributed by atoms with Crippen LogP contribution in [0.1, 0.15) is 11.1 Å². The summed E-state index contributed by atoms with van der Waals surface area (Å²) in [6.45, 7) is -0.284. The average molecular weight is 298 g/mol. The third-order valence-corrected chi connectivity index (χ3v) is 3.16. The highest BCUT2D eigenvalue weighted by Gasteiger charge is 2.08. The van der Waals surface area contributed by atoms with Gasteiger partial charge in [-0.15, -0.1) is 0 Å². The Labute approximate surface area is 86.9 Å². The number of aliphatic hydroxyl groups excluding tert-OH is 1. The fraction of sp³-hybridized carbons (Fsp3) is 0.250. The fourth-order valence-corrected chi connectivity index (χ4v) is 2.32. The van der Waals surface area contributed by atoms with Gasteiger partial charge in [0.25, 0.3) is 0 Å². The van der Waals surface area contributed by atoms with Gasteiger partial charge in [-0.1, -0.05) is 37.9 Å². The summed E-state index contributed by atoms with van der Waals surface area (Å²) in [4.78, 5) is 0. The van der Waals surface area contributed by atoms with Crippen LogP contribution in [0.5, 0.6) is 0 Å². The molecular formula is C8H7Br2FO. The van der Waals surface area contributed by atoms with E-state index in [9.17, 15) is 4.39 Å². The van der Waals surface area contributed by atoms with Crippen molar-refractivity contribution in [1.82, 2.24) is 0 Å². The van der Waals surface area contributed by atoms with Gasteiger partial charge in [-0.05, 0) is 11.6 Å². The van der Waals surface area contributed by atoms with E-state index in [1.54, 1.807) is 6.07 Å². The van der Waals surface area contributed by atoms with Crippen molar-refractivity contribution >= 4 is 31.9 Å². The van der Waals surface area contributed by atoms with E-state index in [-0.39, 0.29) is 12.4 Å². The topological polar surface area (TPSA) is 20.2 Å². The summed E-state index contributed by atoms with van der Waals surface area (Å²) >= 11 is 6.48. The maximum Gasteiger partial charge on any atom is 0.129 e. The predicted octanol–water partition coefficient (Wildman–Crippen LogP) is 2.98. The van der Waals surface area contributed by atoms with E-state index < -0.39 is 0 Å². The molecule has 0 heterocycles. The monoisotopic (exact) mass is 296 g/mol. The molecule has 0 aliphatic heterocycles. The first-order chi connectivity index (χ1) is 5.70. The third kappa shape index (κ3) is 1.87. The second-order valence-electron chi connectivity index (χ2n) is 2.29. The molecule has 0 bridgehead atoms. The van der Waals surface area contributed by atoms with E-state index in [0.717, 1.165) is 5.56 Å². The molecule has 0 aliphatic carbocycles. The Hall–Kier alpha value is 0.0700. The van der Waals surface area contributed by atoms with E-state index in [1.165, 1.54) is 6.07 Å². The van der Waals surface area contributed by atoms with Gasteiger partial charge in [0.2, 0.25) is 0 Å². The van der Waals surface area contributed by atoms with E-state index >= 15 is 0 Å². The highest BCUT2D eigenvalue weighted by atomic mass is 79.9. The normalized spacial score (nSPS) is 10.3. The van der Waals surface area contributed by atoms with Gasteiger partial charge in [-0.25, -0.2) is 4.39 Å². The lowest BCUT2D eigenvalue weighted by molar-refractivity contribution is 0.274. The van der Waals surface area contributed by atoms with E-state index in [2.05, 4.69) is 31.9 Å². The second kappa shape index (κ2) is 4.35. The second-order valence-corrected chi connectivity index (χ2v) is 3.64. The first kappa shape index (κ1) is 10.2. The summed E-state index contributed by atoms with van der Waals surface area (Å²) in [5, 5.41) is 9.47. The van der Waals surface area contributed by atoms with Crippen molar-refractivity contribution in [3.8, 4) is 0 Å². The Bertz CT molecular complexity index is 289. The smallest absolute Gasteiger partial charge is 0.129 e. The van der Waals surface area contributed by atoms with Gasteiger partial charge in [0.15, 0.2) is 0 Å². The molecule has 12 heavy (non-hydrogen) atoms. The molecule has 1 aromatic carbocycles. The molecule has 0 spiro atoms. The molecule has 1 aromatic rings. The van der Waals surface area contributed by atoms with Crippen molar-refractivity contribution in [3.05, 3.63) is 33.5 Å². The minimum atomic E-state index is -0.380. The summed E-state index contributed by atoms with van der Waals surface area (Å²) in [5.41, 5.74) is 1.24. The maximum absolute atomic E-state index is 13.0. The summed E-state index contributed by atoms with van der Waals surface area (Å²) in [5.74, 6) is -0.380. The van der Waals surface area contributed by atoms with Crippen molar-refractivity contribution in [2.75, 3.05) is 0 Å². The highest BCUT2D eigenvalue weighted by Crippen LogP contribution is 2.26. The molecule has 1 rings (SSSR count). The Morgan fingerprint density at radius 3 is 2.58 bits per heavy atom. The molecule has 0 saturated carbocycles. The zero-order chi connectivity index (χ0) is 9.14. The lowest BCUT2D eigenvalue weighted by Gasteiger charge is -2.06. The minimum absolute atomic E-state index is 0.284. The fourth-order valence-electron chi connectivity index (χ4n) is 0.894. The van der Waals surface area contributed by atoms with Crippen LogP contribution in [0.25, 0.3) is 0 Å². The average Bonchev–Trinajstić information content (AvgIpc) is 2.06. The molecule has 0 unspecified atom stereocenters. The Balaban J connectivity index is 3.24. The van der Waals surface area contributed by atoms with Crippen molar-refractivity contribution in [3.63, 3.8) is 0 Å². The van der Waals surface area contributed by atoms with Gasteiger partial charge in [-0.2, -0.15) is 0 Å². The molecule has 0 fully saturated rings. The summed E-state index contributed by atoms with van der Waals surface area (Å²) in [7, 11) is 0. The highest BCUT2D eigenvalue weighted by molar-refractivity contribution is 9.10. The lowest BCUT2D eigenvalue weighted by atomic mass is 10.1. The predicted molar refractivity (Wildman–Crippen MR) is 52.7 cm³/mol. The standard InChI is InChI=1S/C8H7Br2FO/c9-3-5-1-2-7(11)6(4-12)8(5)10/h1-2,12H,3-4H2. The van der Waals surface area contributed by atoms with Crippen LogP contribution in [0.4, 0.5) is 4.39 Å². The largest absolute Gasteiger partial charge is 0.392 e. The van der Waals surface area contributed by atoms with Crippen LogP contribution in [0.2, 0.25) is 0 Å². The number of rotatable bonds is 2. The Morgan fingerprint density at radius 2 is 2.08 bits per heavy atom. The number of alkyl halides is 1. The van der Waals surface area contributed by atoms with Gasteiger partial charge in [0.1, 0.15) is 5.82 Å². The van der Waals surface area contributed by atoms with Crippen LogP contribution >= 0.6 is 31.9 Å². The molecule has 0 atom stereocenters. The number of aliphatic hydroxyl groups is 1. The number of halogens is 3. The van der Waals surface area contributed by atoms with E-state index in [4.69, 9.17) is 5.11 Å². The van der Waals surface area contributed by atoms with Crippen LogP contribution in [0.3, 0.4) is 0 Å². The molecule has 0 saturated heterocycles. The molecule has 0 aromatic heterocycles. The van der Waals surface area contributed by atoms with E-state index in [0.29, 0.717) is 15.4 Å². The molecule has 66 valence electrons. The van der Waals surface area contributed by atoms with E-state index in [1.807, 2.05) is 0 Å². The Kier molecular flexibility index (Phi) is 3.68. The van der Waals surface area contributed by atoms with Crippen molar-refractivity contribution in [2.45, 2.75) is 11.9 Å². The van der Waals surface area contributed by atoms with Crippen LogP contribution in [-0.2, 0) is 11.9 Å². The maximum atomic E-state index is 13.0. The third-order valence-electron chi connectivity index (χ3n) is 1.57. The first-order valence-corrected chi connectivity index (χ1v) is 5.24. The zero-order valence-electron chi connectivity index (χ0n) is 6.15. The SMILES string of the molecule is OCc1c(F)ccc(CBr)c1Br. The summed E-state index contributed by atoms with van der Waals surface area (Å²) in [6, 6.07) is 3.03. The number of hydrogen-bond donors (Lipinski definition) is 1. The summed E-state index contributed by atoms with van der Waals surface area (Å²) < 4.78 is 13.6. The van der Waals surface area contributed by atoms with Gasteiger partial charge >= 0.3 is 0 Å². The van der Waals surface area contributed by atoms with Crippen LogP contribution < -0.4 is 0 Å². The van der Waals surface area contributed by atoms with Gasteiger partial charge in [-0.3, -0.25) is 0 Å². The van der Waals surface area contributed by atoms with Gasteiger partial charge in [0, 0.05) is 15.4 Å². The van der Waals surface area contributed by atoms with Gasteiger partial charge < -0.3 is 5.11 Å². The first-order valence-electron chi connectivity index (χ1n) is 3.33. The van der Waals surface area contributed by atoms with Crippen molar-refractivity contribution in [1.29, 1.82) is 0 Å². The van der Waals surface area contributed by atoms with Crippen molar-refractivity contribution < 1.29 is 9.50 Å². The van der Waals surface area contributed by atoms with Crippen molar-refractivity contribution in [2.24, 2.45) is 0 Å². The van der Waals surface area contributed by atoms with Gasteiger partial charge in [0.05, 0.1) is 6.61 Å². The molecule has 0 aliphatic rings. The van der Waals surface area contributed by atoms with Crippen LogP contribution in [0, 0.1) is 5.82 Å². The lowest BCUT2D eigenvalue weighted by Crippen LogP contribution is -1.94. The number of benzene rings is 1. The molecule has 1 N–H and O–H groups in total. The minimum Gasteiger partial charge on any atom is -0.392 e.